The summed E-state index contributed by atoms with van der Waals surface area (Å²) in [6.07, 6.45) is 3.80. The molecule has 2 amide bonds. The molecule has 0 aliphatic carbocycles. The van der Waals surface area contributed by atoms with Gasteiger partial charge in [0.2, 0.25) is 0 Å². The number of carbonyl (C=O) groups is 2. The molecule has 0 bridgehead atoms. The van der Waals surface area contributed by atoms with Crippen molar-refractivity contribution in [1.82, 2.24) is 9.78 Å². The zero-order valence-corrected chi connectivity index (χ0v) is 22.0. The monoisotopic (exact) mass is 553 g/mol. The Labute approximate surface area is 227 Å². The maximum absolute atomic E-state index is 14.0. The molecule has 10 heteroatoms. The number of anilines is 1. The fraction of sp³-hybridized carbons (Fsp3) is 0.111. The molecule has 2 aromatic carbocycles. The lowest BCUT2D eigenvalue weighted by Crippen LogP contribution is -2.39. The molecule has 0 fully saturated rings. The summed E-state index contributed by atoms with van der Waals surface area (Å²) in [5.74, 6) is -1.19. The highest BCUT2D eigenvalue weighted by atomic mass is 35.5. The van der Waals surface area contributed by atoms with Crippen LogP contribution in [-0.2, 0) is 16.0 Å². The number of pyridine rings is 1. The van der Waals surface area contributed by atoms with Gasteiger partial charge in [0.05, 0.1) is 27.0 Å². The Bertz CT molecular complexity index is 1690. The summed E-state index contributed by atoms with van der Waals surface area (Å²) in [5, 5.41) is 4.06. The van der Waals surface area contributed by atoms with Gasteiger partial charge in [0.25, 0.3) is 17.2 Å². The summed E-state index contributed by atoms with van der Waals surface area (Å²) in [6, 6.07) is 14.9. The van der Waals surface area contributed by atoms with Gasteiger partial charge in [0, 0.05) is 22.3 Å². The summed E-state index contributed by atoms with van der Waals surface area (Å²) in [7, 11) is 0. The summed E-state index contributed by atoms with van der Waals surface area (Å²) < 4.78 is 2.87. The van der Waals surface area contributed by atoms with Gasteiger partial charge >= 0.3 is 5.91 Å². The predicted molar refractivity (Wildman–Crippen MR) is 144 cm³/mol. The van der Waals surface area contributed by atoms with Gasteiger partial charge in [-0.25, -0.2) is 9.58 Å². The third kappa shape index (κ3) is 4.29. The lowest BCUT2D eigenvalue weighted by Gasteiger charge is -2.14. The Balaban J connectivity index is 1.79. The van der Waals surface area contributed by atoms with E-state index in [-0.39, 0.29) is 21.9 Å². The van der Waals surface area contributed by atoms with E-state index in [2.05, 4.69) is 5.10 Å². The number of nitrogens with one attached hydrogen (secondary N) is 1. The van der Waals surface area contributed by atoms with Gasteiger partial charge in [-0.3, -0.25) is 19.5 Å². The Morgan fingerprint density at radius 2 is 1.68 bits per heavy atom. The molecule has 1 aliphatic rings. The van der Waals surface area contributed by atoms with Crippen LogP contribution in [0.15, 0.2) is 71.8 Å². The molecular weight excluding hydrogens is 535 g/mol. The van der Waals surface area contributed by atoms with Gasteiger partial charge in [0.1, 0.15) is 5.57 Å². The highest BCUT2D eigenvalue weighted by Gasteiger charge is 2.48. The minimum absolute atomic E-state index is 0.00233. The van der Waals surface area contributed by atoms with E-state index < -0.39 is 17.4 Å². The first kappa shape index (κ1) is 25.0. The summed E-state index contributed by atoms with van der Waals surface area (Å²) in [4.78, 5) is 42.7. The second-order valence-electron chi connectivity index (χ2n) is 8.50. The fourth-order valence-electron chi connectivity index (χ4n) is 4.37. The van der Waals surface area contributed by atoms with E-state index in [0.717, 1.165) is 10.5 Å². The summed E-state index contributed by atoms with van der Waals surface area (Å²) in [5.41, 5.74) is 1.79. The molecule has 0 unspecified atom stereocenters. The first-order chi connectivity index (χ1) is 17.7. The Hall–Kier alpha value is -3.65. The summed E-state index contributed by atoms with van der Waals surface area (Å²) >= 11 is 18.4. The average molecular weight is 555 g/mol. The van der Waals surface area contributed by atoms with Gasteiger partial charge in [-0.05, 0) is 55.8 Å². The number of nitrogens with zero attached hydrogens (tertiary/aromatic N) is 3. The molecule has 1 N–H and O–H groups in total. The van der Waals surface area contributed by atoms with Gasteiger partial charge in [0.15, 0.2) is 12.4 Å². The zero-order valence-electron chi connectivity index (χ0n) is 19.8. The maximum atomic E-state index is 14.0. The first-order valence-electron chi connectivity index (χ1n) is 11.4. The van der Waals surface area contributed by atoms with E-state index in [1.165, 1.54) is 10.7 Å². The minimum atomic E-state index is -0.622. The lowest BCUT2D eigenvalue weighted by atomic mass is 10.0. The molecule has 0 atom stereocenters. The molecule has 5 rings (SSSR count). The summed E-state index contributed by atoms with van der Waals surface area (Å²) in [6.45, 7) is 3.72. The lowest BCUT2D eigenvalue weighted by molar-refractivity contribution is -0.577. The molecule has 0 spiro atoms. The van der Waals surface area contributed by atoms with Crippen molar-refractivity contribution in [2.75, 3.05) is 4.90 Å². The largest absolute Gasteiger partial charge is 0.331 e. The molecule has 4 aromatic rings. The smallest absolute Gasteiger partial charge is 0.294 e. The number of imide groups is 1. The van der Waals surface area contributed by atoms with E-state index in [1.807, 2.05) is 19.9 Å². The van der Waals surface area contributed by atoms with Crippen LogP contribution in [0.1, 0.15) is 23.7 Å². The number of H-pyrrole nitrogens is 1. The molecule has 0 saturated carbocycles. The standard InChI is InChI=1S/C27H19Cl3N4O3/c1-3-21-22(26(36)34(31-21)18-9-10-19(29)20(30)13-18)23-24(32-11-5-6-15(2)14-32)27(37)33(25(23)35)17-8-4-7-16(28)12-17/h4-14H,3H2,1-2H3/p+1. The van der Waals surface area contributed by atoms with Crippen molar-refractivity contribution in [3.05, 3.63) is 109 Å². The van der Waals surface area contributed by atoms with Gasteiger partial charge in [-0.2, -0.15) is 4.57 Å². The second-order valence-corrected chi connectivity index (χ2v) is 9.75. The molecular formula is C27H20Cl3N4O3+. The second kappa shape index (κ2) is 9.67. The van der Waals surface area contributed by atoms with E-state index in [4.69, 9.17) is 34.8 Å². The number of hydrogen-bond donors (Lipinski definition) is 1. The highest BCUT2D eigenvalue weighted by Crippen LogP contribution is 2.34. The van der Waals surface area contributed by atoms with Crippen molar-refractivity contribution >= 4 is 63.6 Å². The van der Waals surface area contributed by atoms with Gasteiger partial charge in [-0.15, -0.1) is 0 Å². The molecule has 186 valence electrons. The fourth-order valence-corrected chi connectivity index (χ4v) is 4.84. The number of rotatable bonds is 5. The van der Waals surface area contributed by atoms with Crippen molar-refractivity contribution in [1.29, 1.82) is 0 Å². The zero-order chi connectivity index (χ0) is 26.4. The van der Waals surface area contributed by atoms with Crippen LogP contribution in [0.3, 0.4) is 0 Å². The predicted octanol–water partition coefficient (Wildman–Crippen LogP) is 5.23. The number of aryl methyl sites for hydroxylation is 2. The van der Waals surface area contributed by atoms with Crippen molar-refractivity contribution in [3.8, 4) is 5.69 Å². The molecule has 0 saturated heterocycles. The molecule has 3 heterocycles. The third-order valence-electron chi connectivity index (χ3n) is 6.06. The number of halogens is 3. The van der Waals surface area contributed by atoms with Crippen molar-refractivity contribution in [2.45, 2.75) is 20.3 Å². The maximum Gasteiger partial charge on any atom is 0.331 e. The molecule has 37 heavy (non-hydrogen) atoms. The van der Waals surface area contributed by atoms with Gasteiger partial charge < -0.3 is 0 Å². The number of carbonyl (C=O) groups excluding carboxylic acids is 2. The Morgan fingerprint density at radius 3 is 2.35 bits per heavy atom. The molecule has 2 aromatic heterocycles. The first-order valence-corrected chi connectivity index (χ1v) is 12.5. The normalized spacial score (nSPS) is 13.7. The number of benzene rings is 2. The SMILES string of the molecule is CCc1[nH]n(-c2ccc(Cl)c(Cl)c2)c(=O)c1C1=C([n+]2cccc(C)c2)C(=O)N(c2cccc(Cl)c2)C1=O. The van der Waals surface area contributed by atoms with Crippen LogP contribution in [0.5, 0.6) is 0 Å². The van der Waals surface area contributed by atoms with Crippen molar-refractivity contribution < 1.29 is 14.2 Å². The van der Waals surface area contributed by atoms with Crippen LogP contribution in [0, 0.1) is 6.92 Å². The molecule has 7 nitrogen and oxygen atoms in total. The van der Waals surface area contributed by atoms with Crippen LogP contribution in [-0.4, -0.2) is 21.6 Å². The van der Waals surface area contributed by atoms with Crippen LogP contribution < -0.4 is 15.0 Å². The van der Waals surface area contributed by atoms with Crippen LogP contribution in [0.4, 0.5) is 5.69 Å². The van der Waals surface area contributed by atoms with Crippen molar-refractivity contribution in [3.63, 3.8) is 0 Å². The van der Waals surface area contributed by atoms with Crippen LogP contribution in [0.25, 0.3) is 17.0 Å². The van der Waals surface area contributed by atoms with E-state index in [0.29, 0.717) is 33.5 Å². The number of hydrogen-bond acceptors (Lipinski definition) is 3. The highest BCUT2D eigenvalue weighted by molar-refractivity contribution is 6.53. The molecule has 0 radical (unpaired) electrons. The van der Waals surface area contributed by atoms with Crippen LogP contribution >= 0.6 is 34.8 Å². The van der Waals surface area contributed by atoms with E-state index in [9.17, 15) is 14.4 Å². The number of aromatic amines is 1. The number of aromatic nitrogens is 3. The van der Waals surface area contributed by atoms with Crippen LogP contribution in [0.2, 0.25) is 15.1 Å². The average Bonchev–Trinajstić information content (AvgIpc) is 3.32. The van der Waals surface area contributed by atoms with E-state index >= 15 is 0 Å². The quantitative estimate of drug-likeness (QED) is 0.271. The van der Waals surface area contributed by atoms with Gasteiger partial charge in [-0.1, -0.05) is 47.8 Å². The topological polar surface area (TPSA) is 79.1 Å². The third-order valence-corrected chi connectivity index (χ3v) is 7.04. The van der Waals surface area contributed by atoms with E-state index in [1.54, 1.807) is 59.4 Å². The van der Waals surface area contributed by atoms with Crippen molar-refractivity contribution in [2.24, 2.45) is 0 Å². The number of amides is 2. The Morgan fingerprint density at radius 1 is 0.892 bits per heavy atom. The minimum Gasteiger partial charge on any atom is -0.294 e. The Kier molecular flexibility index (Phi) is 6.54. The molecule has 1 aliphatic heterocycles.